The first-order valence-electron chi connectivity index (χ1n) is 11.8. The Morgan fingerprint density at radius 2 is 1.83 bits per heavy atom. The molecule has 1 fully saturated rings. The minimum Gasteiger partial charge on any atom is -0.496 e. The van der Waals surface area contributed by atoms with Crippen molar-refractivity contribution in [3.8, 4) is 28.3 Å². The highest BCUT2D eigenvalue weighted by molar-refractivity contribution is 6.00. The second-order valence-corrected chi connectivity index (χ2v) is 8.97. The summed E-state index contributed by atoms with van der Waals surface area (Å²) in [6.45, 7) is 0. The lowest BCUT2D eigenvalue weighted by Crippen LogP contribution is -2.49. The van der Waals surface area contributed by atoms with E-state index in [2.05, 4.69) is 15.4 Å². The summed E-state index contributed by atoms with van der Waals surface area (Å²) in [5, 5.41) is 7.34. The molecule has 0 unspecified atom stereocenters. The van der Waals surface area contributed by atoms with E-state index in [4.69, 9.17) is 15.2 Å². The number of nitrogens with one attached hydrogen (secondary N) is 1. The van der Waals surface area contributed by atoms with Crippen molar-refractivity contribution in [2.75, 3.05) is 14.2 Å². The van der Waals surface area contributed by atoms with E-state index in [1.807, 2.05) is 54.3 Å². The number of amides is 1. The van der Waals surface area contributed by atoms with Crippen LogP contribution in [0.15, 0.2) is 49.1 Å². The van der Waals surface area contributed by atoms with Gasteiger partial charge in [0.1, 0.15) is 23.4 Å². The van der Waals surface area contributed by atoms with Gasteiger partial charge in [0.15, 0.2) is 0 Å². The average molecular weight is 475 g/mol. The Labute approximate surface area is 203 Å². The fraction of sp³-hybridized carbons (Fsp3) is 0.346. The van der Waals surface area contributed by atoms with Crippen LogP contribution in [-0.4, -0.2) is 51.5 Å². The zero-order valence-corrected chi connectivity index (χ0v) is 20.2. The van der Waals surface area contributed by atoms with Crippen LogP contribution in [0.1, 0.15) is 36.0 Å². The number of hydrogen-bond donors (Lipinski definition) is 2. The molecule has 9 nitrogen and oxygen atoms in total. The van der Waals surface area contributed by atoms with Crippen molar-refractivity contribution in [1.29, 1.82) is 0 Å². The van der Waals surface area contributed by atoms with Crippen LogP contribution in [0.25, 0.3) is 27.8 Å². The predicted molar refractivity (Wildman–Crippen MR) is 134 cm³/mol. The molecule has 0 radical (unpaired) electrons. The van der Waals surface area contributed by atoms with E-state index in [0.717, 1.165) is 53.5 Å². The lowest BCUT2D eigenvalue weighted by Gasteiger charge is -2.29. The molecule has 182 valence electrons. The number of aryl methyl sites for hydroxylation is 1. The first-order valence-corrected chi connectivity index (χ1v) is 11.8. The summed E-state index contributed by atoms with van der Waals surface area (Å²) in [5.74, 6) is 0.606. The predicted octanol–water partition coefficient (Wildman–Crippen LogP) is 3.44. The van der Waals surface area contributed by atoms with Gasteiger partial charge in [0.05, 0.1) is 37.1 Å². The number of aromatic nitrogens is 4. The number of imidazole rings is 1. The molecule has 2 aromatic carbocycles. The third-order valence-corrected chi connectivity index (χ3v) is 6.72. The molecule has 1 aliphatic carbocycles. The van der Waals surface area contributed by atoms with Gasteiger partial charge in [0, 0.05) is 43.0 Å². The first kappa shape index (κ1) is 22.9. The van der Waals surface area contributed by atoms with Crippen LogP contribution in [0.2, 0.25) is 0 Å². The molecule has 2 heterocycles. The van der Waals surface area contributed by atoms with Gasteiger partial charge in [-0.1, -0.05) is 18.9 Å². The van der Waals surface area contributed by atoms with Gasteiger partial charge < -0.3 is 20.5 Å². The van der Waals surface area contributed by atoms with Crippen LogP contribution in [-0.2, 0) is 7.05 Å². The largest absolute Gasteiger partial charge is 0.496 e. The highest BCUT2D eigenvalue weighted by Crippen LogP contribution is 2.34. The van der Waals surface area contributed by atoms with Crippen LogP contribution >= 0.6 is 0 Å². The number of fused-ring (bicyclic) bond motifs is 1. The lowest BCUT2D eigenvalue weighted by molar-refractivity contribution is 0.0915. The normalized spacial score (nSPS) is 17.9. The summed E-state index contributed by atoms with van der Waals surface area (Å²) >= 11 is 0. The maximum atomic E-state index is 13.2. The number of nitrogens with two attached hydrogens (primary N) is 1. The number of methoxy groups -OCH3 is 2. The van der Waals surface area contributed by atoms with Crippen molar-refractivity contribution in [3.05, 3.63) is 54.6 Å². The molecule has 35 heavy (non-hydrogen) atoms. The zero-order chi connectivity index (χ0) is 24.5. The number of nitrogens with zero attached hydrogens (tertiary/aromatic N) is 4. The van der Waals surface area contributed by atoms with Gasteiger partial charge in [-0.3, -0.25) is 14.0 Å². The topological polar surface area (TPSA) is 109 Å². The smallest absolute Gasteiger partial charge is 0.259 e. The average Bonchev–Trinajstić information content (AvgIpc) is 3.50. The van der Waals surface area contributed by atoms with E-state index in [9.17, 15) is 4.79 Å². The molecule has 5 rings (SSSR count). The Hall–Kier alpha value is -3.85. The molecule has 0 saturated heterocycles. The van der Waals surface area contributed by atoms with Crippen molar-refractivity contribution in [2.24, 2.45) is 12.8 Å². The molecule has 1 aliphatic rings. The molecule has 0 aliphatic heterocycles. The summed E-state index contributed by atoms with van der Waals surface area (Å²) in [5.41, 5.74) is 11.2. The maximum Gasteiger partial charge on any atom is 0.259 e. The monoisotopic (exact) mass is 474 g/mol. The third kappa shape index (κ3) is 4.35. The van der Waals surface area contributed by atoms with Gasteiger partial charge in [-0.15, -0.1) is 0 Å². The van der Waals surface area contributed by atoms with E-state index in [0.29, 0.717) is 17.1 Å². The number of benzene rings is 2. The summed E-state index contributed by atoms with van der Waals surface area (Å²) in [7, 11) is 4.99. The van der Waals surface area contributed by atoms with Gasteiger partial charge >= 0.3 is 0 Å². The van der Waals surface area contributed by atoms with Crippen LogP contribution < -0.4 is 20.5 Å². The van der Waals surface area contributed by atoms with Crippen LogP contribution in [0.5, 0.6) is 11.5 Å². The summed E-state index contributed by atoms with van der Waals surface area (Å²) in [6.07, 6.45) is 9.49. The highest BCUT2D eigenvalue weighted by Gasteiger charge is 2.27. The number of rotatable bonds is 6. The molecular formula is C26H30N6O3. The summed E-state index contributed by atoms with van der Waals surface area (Å²) in [6, 6.07) is 9.65. The zero-order valence-electron chi connectivity index (χ0n) is 20.2. The summed E-state index contributed by atoms with van der Waals surface area (Å²) < 4.78 is 15.0. The highest BCUT2D eigenvalue weighted by atomic mass is 16.5. The number of ether oxygens (including phenoxy) is 2. The van der Waals surface area contributed by atoms with Crippen LogP contribution in [0.4, 0.5) is 0 Å². The van der Waals surface area contributed by atoms with Gasteiger partial charge in [0.2, 0.25) is 0 Å². The van der Waals surface area contributed by atoms with Crippen molar-refractivity contribution in [3.63, 3.8) is 0 Å². The molecular weight excluding hydrogens is 444 g/mol. The number of carbonyl (C=O) groups is 1. The number of carbonyl (C=O) groups excluding carboxylic acids is 1. The SMILES string of the molecule is COc1cc(-n2cnc3cc(-c4cnn(C)c4)ccc32)cc(OC)c1C(=O)N[C@H]1CCCC[C@H]1N. The second-order valence-electron chi connectivity index (χ2n) is 8.97. The molecule has 3 N–H and O–H groups in total. The molecule has 4 aromatic rings. The summed E-state index contributed by atoms with van der Waals surface area (Å²) in [4.78, 5) is 17.9. The van der Waals surface area contributed by atoms with E-state index < -0.39 is 0 Å². The van der Waals surface area contributed by atoms with Crippen molar-refractivity contribution >= 4 is 16.9 Å². The Morgan fingerprint density at radius 3 is 2.49 bits per heavy atom. The molecule has 1 amide bonds. The first-order chi connectivity index (χ1) is 17.0. The Kier molecular flexibility index (Phi) is 6.17. The number of hydrogen-bond acceptors (Lipinski definition) is 6. The molecule has 2 atom stereocenters. The van der Waals surface area contributed by atoms with Gasteiger partial charge in [-0.2, -0.15) is 5.10 Å². The molecule has 0 bridgehead atoms. The molecule has 1 saturated carbocycles. The van der Waals surface area contributed by atoms with E-state index in [1.165, 1.54) is 0 Å². The second kappa shape index (κ2) is 9.42. The van der Waals surface area contributed by atoms with Crippen molar-refractivity contribution in [2.45, 2.75) is 37.8 Å². The van der Waals surface area contributed by atoms with Crippen molar-refractivity contribution in [1.82, 2.24) is 24.6 Å². The Morgan fingerprint density at radius 1 is 1.09 bits per heavy atom. The standard InChI is InChI=1S/C26H30N6O3/c1-31-14-17(13-29-31)16-8-9-22-21(10-16)28-15-32(22)18-11-23(34-2)25(24(12-18)35-3)26(33)30-20-7-5-4-6-19(20)27/h8-15,19-20H,4-7,27H2,1-3H3,(H,30,33)/t19-,20+/m1/s1. The molecule has 2 aromatic heterocycles. The van der Waals surface area contributed by atoms with E-state index >= 15 is 0 Å². The fourth-order valence-corrected chi connectivity index (χ4v) is 4.81. The lowest BCUT2D eigenvalue weighted by atomic mass is 9.91. The molecule has 0 spiro atoms. The third-order valence-electron chi connectivity index (χ3n) is 6.72. The van der Waals surface area contributed by atoms with E-state index in [1.54, 1.807) is 25.2 Å². The van der Waals surface area contributed by atoms with Gasteiger partial charge in [-0.25, -0.2) is 4.98 Å². The van der Waals surface area contributed by atoms with Gasteiger partial charge in [0.25, 0.3) is 5.91 Å². The maximum absolute atomic E-state index is 13.2. The molecule has 9 heteroatoms. The fourth-order valence-electron chi connectivity index (χ4n) is 4.81. The van der Waals surface area contributed by atoms with Crippen LogP contribution in [0, 0.1) is 0 Å². The Balaban J connectivity index is 1.50. The van der Waals surface area contributed by atoms with Crippen molar-refractivity contribution < 1.29 is 14.3 Å². The Bertz CT molecular complexity index is 1350. The quantitative estimate of drug-likeness (QED) is 0.443. The van der Waals surface area contributed by atoms with Crippen LogP contribution in [0.3, 0.4) is 0 Å². The van der Waals surface area contributed by atoms with Gasteiger partial charge in [-0.05, 0) is 30.5 Å². The minimum atomic E-state index is -0.246. The minimum absolute atomic E-state index is 0.0437. The van der Waals surface area contributed by atoms with E-state index in [-0.39, 0.29) is 18.0 Å².